The van der Waals surface area contributed by atoms with Crippen molar-refractivity contribution in [1.29, 1.82) is 0 Å². The van der Waals surface area contributed by atoms with Crippen molar-refractivity contribution in [3.8, 4) is 5.75 Å². The van der Waals surface area contributed by atoms with E-state index in [9.17, 15) is 5.11 Å². The number of ether oxygens (including phenoxy) is 2. The van der Waals surface area contributed by atoms with Gasteiger partial charge in [0.05, 0.1) is 30.3 Å². The highest BCUT2D eigenvalue weighted by Gasteiger charge is 2.66. The molecule has 4 aromatic rings. The standard InChI is InChI=1S/C34H34N2O3/c1-33(2)23-39-32(35-33)30-29(31(37)24-19-21-28(38-3)22-20-24)36(30)34(25-13-7-4-8-14-25,26-15-9-5-10-16-26)27-17-11-6-12-18-27/h4-22,29-31,37H,23H2,1-3H3/t29-,30+,31-,36?/m1/s1. The maximum Gasteiger partial charge on any atom is 0.203 e. The van der Waals surface area contributed by atoms with Gasteiger partial charge in [-0.3, -0.25) is 4.90 Å². The van der Waals surface area contributed by atoms with E-state index < -0.39 is 11.6 Å². The van der Waals surface area contributed by atoms with Gasteiger partial charge in [0.2, 0.25) is 5.90 Å². The first-order chi connectivity index (χ1) is 19.0. The van der Waals surface area contributed by atoms with E-state index in [4.69, 9.17) is 14.5 Å². The fraction of sp³-hybridized carbons (Fsp3) is 0.265. The molecule has 0 amide bonds. The molecule has 2 aliphatic heterocycles. The van der Waals surface area contributed by atoms with Gasteiger partial charge in [0, 0.05) is 0 Å². The summed E-state index contributed by atoms with van der Waals surface area (Å²) in [4.78, 5) is 7.39. The third-order valence-electron chi connectivity index (χ3n) is 7.84. The molecule has 39 heavy (non-hydrogen) atoms. The number of benzene rings is 4. The second-order valence-electron chi connectivity index (χ2n) is 10.9. The lowest BCUT2D eigenvalue weighted by Crippen LogP contribution is -2.41. The monoisotopic (exact) mass is 518 g/mol. The Balaban J connectivity index is 1.58. The van der Waals surface area contributed by atoms with Gasteiger partial charge in [-0.2, -0.15) is 0 Å². The van der Waals surface area contributed by atoms with E-state index >= 15 is 0 Å². The maximum absolute atomic E-state index is 12.0. The summed E-state index contributed by atoms with van der Waals surface area (Å²) in [7, 11) is 1.65. The van der Waals surface area contributed by atoms with Crippen LogP contribution in [0, 0.1) is 0 Å². The summed E-state index contributed by atoms with van der Waals surface area (Å²) in [6.45, 7) is 4.69. The maximum atomic E-state index is 12.0. The average Bonchev–Trinajstić information content (AvgIpc) is 3.62. The largest absolute Gasteiger partial charge is 0.497 e. The van der Waals surface area contributed by atoms with Gasteiger partial charge in [0.15, 0.2) is 0 Å². The molecule has 2 aliphatic rings. The van der Waals surface area contributed by atoms with Crippen LogP contribution in [0.3, 0.4) is 0 Å². The number of nitrogens with zero attached hydrogens (tertiary/aromatic N) is 2. The Morgan fingerprint density at radius 1 is 0.821 bits per heavy atom. The fourth-order valence-electron chi connectivity index (χ4n) is 6.02. The molecule has 0 radical (unpaired) electrons. The molecule has 4 atom stereocenters. The van der Waals surface area contributed by atoms with Crippen LogP contribution in [0.2, 0.25) is 0 Å². The van der Waals surface area contributed by atoms with Gasteiger partial charge in [-0.15, -0.1) is 0 Å². The zero-order valence-electron chi connectivity index (χ0n) is 22.6. The van der Waals surface area contributed by atoms with Crippen LogP contribution in [0.4, 0.5) is 0 Å². The van der Waals surface area contributed by atoms with Crippen LogP contribution in [-0.4, -0.2) is 47.2 Å². The molecule has 4 aromatic carbocycles. The molecule has 1 saturated heterocycles. The normalized spacial score (nSPS) is 22.5. The molecule has 2 heterocycles. The quantitative estimate of drug-likeness (QED) is 0.230. The van der Waals surface area contributed by atoms with E-state index in [1.165, 1.54) is 0 Å². The predicted octanol–water partition coefficient (Wildman–Crippen LogP) is 5.98. The van der Waals surface area contributed by atoms with Gasteiger partial charge < -0.3 is 14.6 Å². The Morgan fingerprint density at radius 2 is 1.31 bits per heavy atom. The van der Waals surface area contributed by atoms with E-state index in [-0.39, 0.29) is 17.6 Å². The molecular weight excluding hydrogens is 484 g/mol. The zero-order valence-corrected chi connectivity index (χ0v) is 22.6. The molecule has 1 unspecified atom stereocenters. The fourth-order valence-corrected chi connectivity index (χ4v) is 6.02. The van der Waals surface area contributed by atoms with E-state index in [1.54, 1.807) is 7.11 Å². The van der Waals surface area contributed by atoms with Gasteiger partial charge in [-0.05, 0) is 48.2 Å². The molecule has 0 spiro atoms. The van der Waals surface area contributed by atoms with Gasteiger partial charge in [-0.25, -0.2) is 4.99 Å². The van der Waals surface area contributed by atoms with Crippen molar-refractivity contribution in [1.82, 2.24) is 4.90 Å². The summed E-state index contributed by atoms with van der Waals surface area (Å²) in [6.07, 6.45) is -0.772. The summed E-state index contributed by atoms with van der Waals surface area (Å²) < 4.78 is 11.6. The van der Waals surface area contributed by atoms with Gasteiger partial charge >= 0.3 is 0 Å². The molecule has 0 bridgehead atoms. The number of methoxy groups -OCH3 is 1. The molecular formula is C34H34N2O3. The summed E-state index contributed by atoms with van der Waals surface area (Å²) >= 11 is 0. The lowest BCUT2D eigenvalue weighted by atomic mass is 9.76. The van der Waals surface area contributed by atoms with E-state index in [1.807, 2.05) is 42.5 Å². The summed E-state index contributed by atoms with van der Waals surface area (Å²) in [6, 6.07) is 38.8. The molecule has 0 aliphatic carbocycles. The van der Waals surface area contributed by atoms with Crippen molar-refractivity contribution < 1.29 is 14.6 Å². The Labute approximate surface area is 230 Å². The van der Waals surface area contributed by atoms with Crippen LogP contribution in [0.15, 0.2) is 120 Å². The van der Waals surface area contributed by atoms with E-state index in [2.05, 4.69) is 91.5 Å². The van der Waals surface area contributed by atoms with Crippen LogP contribution >= 0.6 is 0 Å². The molecule has 5 heteroatoms. The molecule has 1 N–H and O–H groups in total. The van der Waals surface area contributed by atoms with Crippen molar-refractivity contribution in [2.24, 2.45) is 4.99 Å². The molecule has 0 saturated carbocycles. The van der Waals surface area contributed by atoms with Crippen molar-refractivity contribution in [2.45, 2.75) is 43.1 Å². The average molecular weight is 519 g/mol. The predicted molar refractivity (Wildman–Crippen MR) is 154 cm³/mol. The Morgan fingerprint density at radius 3 is 1.72 bits per heavy atom. The minimum absolute atomic E-state index is 0.218. The number of hydrogen-bond acceptors (Lipinski definition) is 5. The van der Waals surface area contributed by atoms with Crippen LogP contribution < -0.4 is 4.74 Å². The molecule has 1 fully saturated rings. The van der Waals surface area contributed by atoms with E-state index in [0.717, 1.165) is 28.0 Å². The molecule has 6 rings (SSSR count). The lowest BCUT2D eigenvalue weighted by molar-refractivity contribution is 0.142. The lowest BCUT2D eigenvalue weighted by Gasteiger charge is -2.39. The first-order valence-corrected chi connectivity index (χ1v) is 13.5. The highest BCUT2D eigenvalue weighted by molar-refractivity contribution is 5.88. The second kappa shape index (κ2) is 9.99. The van der Waals surface area contributed by atoms with Crippen LogP contribution in [0.1, 0.15) is 42.2 Å². The minimum Gasteiger partial charge on any atom is -0.497 e. The third kappa shape index (κ3) is 4.42. The first-order valence-electron chi connectivity index (χ1n) is 13.5. The molecule has 0 aromatic heterocycles. The summed E-state index contributed by atoms with van der Waals surface area (Å²) in [5.41, 5.74) is 3.19. The SMILES string of the molecule is COc1ccc([C@@H](O)[C@H]2[C@@H](C3=NC(C)(C)CO3)N2C(c2ccccc2)(c2ccccc2)c2ccccc2)cc1. The van der Waals surface area contributed by atoms with Crippen molar-refractivity contribution in [3.05, 3.63) is 138 Å². The number of rotatable bonds is 8. The van der Waals surface area contributed by atoms with Crippen LogP contribution in [-0.2, 0) is 10.3 Å². The topological polar surface area (TPSA) is 54.1 Å². The van der Waals surface area contributed by atoms with Crippen LogP contribution in [0.5, 0.6) is 5.75 Å². The second-order valence-corrected chi connectivity index (χ2v) is 10.9. The first kappa shape index (κ1) is 25.4. The molecule has 198 valence electrons. The summed E-state index contributed by atoms with van der Waals surface area (Å²) in [5.74, 6) is 1.44. The van der Waals surface area contributed by atoms with E-state index in [0.29, 0.717) is 12.5 Å². The van der Waals surface area contributed by atoms with Gasteiger partial charge in [-0.1, -0.05) is 103 Å². The van der Waals surface area contributed by atoms with Crippen molar-refractivity contribution in [2.75, 3.05) is 13.7 Å². The van der Waals surface area contributed by atoms with Crippen LogP contribution in [0.25, 0.3) is 0 Å². The van der Waals surface area contributed by atoms with Gasteiger partial charge in [0.1, 0.15) is 18.4 Å². The smallest absolute Gasteiger partial charge is 0.203 e. The molecule has 5 nitrogen and oxygen atoms in total. The Hall–Kier alpha value is -3.93. The van der Waals surface area contributed by atoms with Crippen molar-refractivity contribution >= 4 is 5.90 Å². The Bertz CT molecular complexity index is 1340. The number of aliphatic imine (C=N–C) groups is 1. The van der Waals surface area contributed by atoms with Crippen molar-refractivity contribution in [3.63, 3.8) is 0 Å². The number of aliphatic hydroxyl groups is 1. The highest BCUT2D eigenvalue weighted by Crippen LogP contribution is 2.55. The third-order valence-corrected chi connectivity index (χ3v) is 7.84. The number of aliphatic hydroxyl groups excluding tert-OH is 1. The zero-order chi connectivity index (χ0) is 27.0. The van der Waals surface area contributed by atoms with Gasteiger partial charge in [0.25, 0.3) is 0 Å². The number of hydrogen-bond donors (Lipinski definition) is 1. The summed E-state index contributed by atoms with van der Waals surface area (Å²) in [5, 5.41) is 12.0. The highest BCUT2D eigenvalue weighted by atomic mass is 16.5. The minimum atomic E-state index is -0.772. The Kier molecular flexibility index (Phi) is 6.49.